The number of carbonyl (C=O) groups is 1. The van der Waals surface area contributed by atoms with Crippen molar-refractivity contribution in [2.24, 2.45) is 4.99 Å². The van der Waals surface area contributed by atoms with Crippen molar-refractivity contribution < 1.29 is 22.7 Å². The van der Waals surface area contributed by atoms with Gasteiger partial charge in [-0.2, -0.15) is 13.2 Å². The predicted molar refractivity (Wildman–Crippen MR) is 110 cm³/mol. The number of allylic oxidation sites excluding steroid dienone is 1. The average molecular weight is 458 g/mol. The Morgan fingerprint density at radius 1 is 1.13 bits per heavy atom. The van der Waals surface area contributed by atoms with Crippen molar-refractivity contribution in [3.8, 4) is 0 Å². The van der Waals surface area contributed by atoms with E-state index in [-0.39, 0.29) is 28.2 Å². The lowest BCUT2D eigenvalue weighted by Gasteiger charge is -2.29. The molecule has 2 N–H and O–H groups in total. The van der Waals surface area contributed by atoms with Crippen LogP contribution in [0.25, 0.3) is 0 Å². The second kappa shape index (κ2) is 8.97. The second-order valence-electron chi connectivity index (χ2n) is 6.14. The quantitative estimate of drug-likeness (QED) is 0.596. The molecule has 1 atom stereocenters. The zero-order valence-corrected chi connectivity index (χ0v) is 17.1. The highest BCUT2D eigenvalue weighted by Crippen LogP contribution is 2.42. The van der Waals surface area contributed by atoms with Gasteiger partial charge in [-0.25, -0.2) is 9.79 Å². The summed E-state index contributed by atoms with van der Waals surface area (Å²) in [5.74, 6) is -1.39. The maximum Gasteiger partial charge on any atom is 0.431 e. The van der Waals surface area contributed by atoms with E-state index in [9.17, 15) is 18.0 Å². The summed E-state index contributed by atoms with van der Waals surface area (Å²) >= 11 is 12.5. The number of carbonyl (C=O) groups excluding carboxylic acids is 1. The number of alkyl halides is 3. The van der Waals surface area contributed by atoms with E-state index in [0.717, 1.165) is 0 Å². The number of esters is 1. The minimum atomic E-state index is -4.90. The van der Waals surface area contributed by atoms with Crippen LogP contribution in [0.1, 0.15) is 18.5 Å². The lowest BCUT2D eigenvalue weighted by atomic mass is 9.95. The Hall–Kier alpha value is -2.71. The minimum Gasteiger partial charge on any atom is -0.463 e. The van der Waals surface area contributed by atoms with Gasteiger partial charge in [0.25, 0.3) is 0 Å². The Morgan fingerprint density at radius 2 is 1.77 bits per heavy atom. The number of para-hydroxylation sites is 1. The topological polar surface area (TPSA) is 62.7 Å². The standard InChI is InChI=1S/C20H16Cl2F3N3O2/c1-2-30-18(29)15-16(14-12(21)9-6-10-13(14)22)27-19(28-17(15)20(23,24)25)26-11-7-4-3-5-8-11/h3-10,16H,2H2,1H3,(H2,26,27,28). The number of anilines is 1. The lowest BCUT2D eigenvalue weighted by Crippen LogP contribution is -2.42. The van der Waals surface area contributed by atoms with Crippen LogP contribution in [0.4, 0.5) is 18.9 Å². The molecule has 10 heteroatoms. The first kappa shape index (κ1) is 22.0. The number of ether oxygens (including phenoxy) is 1. The fraction of sp³-hybridized carbons (Fsp3) is 0.200. The molecule has 5 nitrogen and oxygen atoms in total. The second-order valence-corrected chi connectivity index (χ2v) is 6.95. The smallest absolute Gasteiger partial charge is 0.431 e. The molecule has 3 rings (SSSR count). The third kappa shape index (κ3) is 4.71. The minimum absolute atomic E-state index is 0.0690. The molecular formula is C20H16Cl2F3N3O2. The van der Waals surface area contributed by atoms with Gasteiger partial charge in [0.15, 0.2) is 0 Å². The van der Waals surface area contributed by atoms with Crippen LogP contribution in [0.2, 0.25) is 10.0 Å². The third-order valence-corrected chi connectivity index (χ3v) is 4.79. The van der Waals surface area contributed by atoms with Crippen LogP contribution in [-0.2, 0) is 9.53 Å². The maximum absolute atomic E-state index is 13.9. The van der Waals surface area contributed by atoms with Gasteiger partial charge in [0.2, 0.25) is 5.96 Å². The highest BCUT2D eigenvalue weighted by atomic mass is 35.5. The summed E-state index contributed by atoms with van der Waals surface area (Å²) in [5, 5.41) is 5.10. The summed E-state index contributed by atoms with van der Waals surface area (Å²) in [7, 11) is 0. The van der Waals surface area contributed by atoms with E-state index in [2.05, 4.69) is 15.6 Å². The molecule has 158 valence electrons. The molecule has 0 saturated carbocycles. The maximum atomic E-state index is 13.9. The van der Waals surface area contributed by atoms with Crippen LogP contribution in [0.5, 0.6) is 0 Å². The van der Waals surface area contributed by atoms with Gasteiger partial charge in [0.05, 0.1) is 12.2 Å². The summed E-state index contributed by atoms with van der Waals surface area (Å²) in [6.07, 6.45) is -4.90. The van der Waals surface area contributed by atoms with Gasteiger partial charge in [-0.1, -0.05) is 47.5 Å². The van der Waals surface area contributed by atoms with E-state index in [0.29, 0.717) is 5.69 Å². The van der Waals surface area contributed by atoms with E-state index >= 15 is 0 Å². The number of aliphatic imine (C=N–C) groups is 1. The molecule has 1 heterocycles. The fourth-order valence-electron chi connectivity index (χ4n) is 2.90. The Kier molecular flexibility index (Phi) is 6.58. The molecule has 1 aliphatic heterocycles. The van der Waals surface area contributed by atoms with Gasteiger partial charge in [-0.05, 0) is 31.2 Å². The van der Waals surface area contributed by atoms with E-state index in [1.807, 2.05) is 0 Å². The number of nitrogens with zero attached hydrogens (tertiary/aromatic N) is 1. The summed E-state index contributed by atoms with van der Waals surface area (Å²) in [5.41, 5.74) is -1.46. The number of nitrogens with one attached hydrogen (secondary N) is 2. The van der Waals surface area contributed by atoms with Crippen LogP contribution in [0.3, 0.4) is 0 Å². The molecular weight excluding hydrogens is 442 g/mol. The number of halogens is 5. The van der Waals surface area contributed by atoms with Gasteiger partial charge in [-0.15, -0.1) is 0 Å². The van der Waals surface area contributed by atoms with Gasteiger partial charge in [-0.3, -0.25) is 0 Å². The number of hydrogen-bond donors (Lipinski definition) is 2. The number of hydrogen-bond acceptors (Lipinski definition) is 5. The van der Waals surface area contributed by atoms with Crippen LogP contribution in [-0.4, -0.2) is 24.7 Å². The monoisotopic (exact) mass is 457 g/mol. The largest absolute Gasteiger partial charge is 0.463 e. The number of rotatable bonds is 4. The first-order chi connectivity index (χ1) is 14.2. The molecule has 1 unspecified atom stereocenters. The molecule has 2 aromatic rings. The predicted octanol–water partition coefficient (Wildman–Crippen LogP) is 5.49. The Balaban J connectivity index is 2.19. The molecule has 0 spiro atoms. The molecule has 0 bridgehead atoms. The molecule has 2 aromatic carbocycles. The zero-order chi connectivity index (χ0) is 21.9. The van der Waals surface area contributed by atoms with Crippen LogP contribution in [0.15, 0.2) is 64.8 Å². The van der Waals surface area contributed by atoms with Crippen molar-refractivity contribution in [2.75, 3.05) is 11.9 Å². The normalized spacial score (nSPS) is 16.6. The first-order valence-corrected chi connectivity index (χ1v) is 9.57. The number of benzene rings is 2. The Morgan fingerprint density at radius 3 is 2.33 bits per heavy atom. The van der Waals surface area contributed by atoms with Crippen LogP contribution >= 0.6 is 23.2 Å². The Labute approximate surface area is 180 Å². The van der Waals surface area contributed by atoms with Gasteiger partial charge < -0.3 is 15.4 Å². The zero-order valence-electron chi connectivity index (χ0n) is 15.6. The average Bonchev–Trinajstić information content (AvgIpc) is 2.68. The fourth-order valence-corrected chi connectivity index (χ4v) is 3.50. The molecule has 0 fully saturated rings. The van der Waals surface area contributed by atoms with Gasteiger partial charge >= 0.3 is 12.1 Å². The van der Waals surface area contributed by atoms with Crippen LogP contribution < -0.4 is 10.6 Å². The van der Waals surface area contributed by atoms with Crippen molar-refractivity contribution in [3.05, 3.63) is 75.4 Å². The summed E-state index contributed by atoms with van der Waals surface area (Å²) < 4.78 is 46.6. The van der Waals surface area contributed by atoms with E-state index < -0.39 is 29.5 Å². The first-order valence-electron chi connectivity index (χ1n) is 8.81. The molecule has 30 heavy (non-hydrogen) atoms. The van der Waals surface area contributed by atoms with Crippen molar-refractivity contribution in [1.82, 2.24) is 5.32 Å². The molecule has 0 aromatic heterocycles. The van der Waals surface area contributed by atoms with Crippen LogP contribution in [0, 0.1) is 0 Å². The summed E-state index contributed by atoms with van der Waals surface area (Å²) in [4.78, 5) is 16.8. The molecule has 0 radical (unpaired) electrons. The SMILES string of the molecule is CCOC(=O)C1=C(C(F)(F)F)NC(Nc2ccccc2)=NC1c1c(Cl)cccc1Cl. The van der Waals surface area contributed by atoms with E-state index in [1.54, 1.807) is 36.4 Å². The molecule has 0 aliphatic carbocycles. The lowest BCUT2D eigenvalue weighted by molar-refractivity contribution is -0.140. The highest BCUT2D eigenvalue weighted by Gasteiger charge is 2.45. The van der Waals surface area contributed by atoms with Gasteiger partial charge in [0, 0.05) is 21.3 Å². The molecule has 0 saturated heterocycles. The van der Waals surface area contributed by atoms with Crippen molar-refractivity contribution in [3.63, 3.8) is 0 Å². The highest BCUT2D eigenvalue weighted by molar-refractivity contribution is 6.36. The third-order valence-electron chi connectivity index (χ3n) is 4.13. The molecule has 0 amide bonds. The van der Waals surface area contributed by atoms with E-state index in [4.69, 9.17) is 27.9 Å². The molecule has 1 aliphatic rings. The Bertz CT molecular complexity index is 988. The van der Waals surface area contributed by atoms with E-state index in [1.165, 1.54) is 19.1 Å². The summed E-state index contributed by atoms with van der Waals surface area (Å²) in [6.45, 7) is 1.38. The van der Waals surface area contributed by atoms with Gasteiger partial charge in [0.1, 0.15) is 11.7 Å². The number of guanidine groups is 1. The summed E-state index contributed by atoms with van der Waals surface area (Å²) in [6, 6.07) is 11.5. The van der Waals surface area contributed by atoms with Crippen molar-refractivity contribution in [2.45, 2.75) is 19.1 Å². The van der Waals surface area contributed by atoms with Crippen molar-refractivity contribution in [1.29, 1.82) is 0 Å². The van der Waals surface area contributed by atoms with Crippen molar-refractivity contribution >= 4 is 40.8 Å².